The quantitative estimate of drug-likeness (QED) is 0.211. The molecule has 41 heavy (non-hydrogen) atoms. The molecule has 2 heterocycles. The van der Waals surface area contributed by atoms with E-state index < -0.39 is 42.1 Å². The second-order valence-electron chi connectivity index (χ2n) is 10.4. The normalized spacial score (nSPS) is 20.4. The standard InChI is InChI=1S/C20H28N2O5.C9H15NO3S/c1-3-27-20(26)16(12-11-15-8-5-4-6-9-15)21-14(2)18(23)22-13-7-10-17(22)19(24)25;1-6(5-14)8(11)10-4-2-3-7(10)9(12)13/h4-6,8-9,14,16-17,21H,3,7,10-13H2,1-2H3,(H,24,25);6-7,14H,2-5H2,1H3,(H,12,13)/t14-,16-,17-;6-,7+/m01/s1. The number of hydrogen-bond donors (Lipinski definition) is 4. The average Bonchev–Trinajstić information content (AvgIpc) is 3.65. The van der Waals surface area contributed by atoms with Crippen LogP contribution in [0.15, 0.2) is 30.3 Å². The van der Waals surface area contributed by atoms with Gasteiger partial charge in [-0.05, 0) is 57.9 Å². The molecule has 0 unspecified atom stereocenters. The van der Waals surface area contributed by atoms with Crippen LogP contribution < -0.4 is 5.32 Å². The first-order valence-electron chi connectivity index (χ1n) is 14.2. The van der Waals surface area contributed by atoms with E-state index in [1.165, 1.54) is 9.80 Å². The molecule has 0 saturated carbocycles. The highest BCUT2D eigenvalue weighted by Gasteiger charge is 2.37. The number of rotatable bonds is 12. The van der Waals surface area contributed by atoms with Gasteiger partial charge in [0, 0.05) is 24.8 Å². The molecule has 11 nitrogen and oxygen atoms in total. The summed E-state index contributed by atoms with van der Waals surface area (Å²) in [5.41, 5.74) is 1.10. The molecule has 0 radical (unpaired) electrons. The van der Waals surface area contributed by atoms with E-state index in [-0.39, 0.29) is 24.3 Å². The Morgan fingerprint density at radius 2 is 1.49 bits per heavy atom. The Bertz CT molecular complexity index is 1040. The Morgan fingerprint density at radius 1 is 0.951 bits per heavy atom. The lowest BCUT2D eigenvalue weighted by atomic mass is 10.0. The summed E-state index contributed by atoms with van der Waals surface area (Å²) in [6.07, 6.45) is 3.64. The number of carbonyl (C=O) groups excluding carboxylic acids is 3. The van der Waals surface area contributed by atoms with Crippen LogP contribution in [0.25, 0.3) is 0 Å². The second kappa shape index (κ2) is 17.0. The smallest absolute Gasteiger partial charge is 0.326 e. The van der Waals surface area contributed by atoms with Crippen LogP contribution in [0.5, 0.6) is 0 Å². The Labute approximate surface area is 247 Å². The van der Waals surface area contributed by atoms with Crippen molar-refractivity contribution in [3.63, 3.8) is 0 Å². The first-order valence-corrected chi connectivity index (χ1v) is 14.8. The Kier molecular flexibility index (Phi) is 14.1. The Hall–Kier alpha value is -3.12. The number of ether oxygens (including phenoxy) is 1. The predicted molar refractivity (Wildman–Crippen MR) is 156 cm³/mol. The second-order valence-corrected chi connectivity index (χ2v) is 10.7. The molecule has 0 spiro atoms. The fourth-order valence-corrected chi connectivity index (χ4v) is 5.18. The zero-order chi connectivity index (χ0) is 30.5. The number of aliphatic carboxylic acids is 2. The van der Waals surface area contributed by atoms with Crippen molar-refractivity contribution in [1.82, 2.24) is 15.1 Å². The fourth-order valence-electron chi connectivity index (χ4n) is 5.03. The van der Waals surface area contributed by atoms with Gasteiger partial charge in [-0.2, -0.15) is 12.6 Å². The summed E-state index contributed by atoms with van der Waals surface area (Å²) in [6, 6.07) is 7.07. The molecule has 2 fully saturated rings. The molecule has 2 aliphatic heterocycles. The average molecular weight is 594 g/mol. The van der Waals surface area contributed by atoms with Crippen LogP contribution >= 0.6 is 12.6 Å². The molecule has 0 bridgehead atoms. The number of amides is 2. The van der Waals surface area contributed by atoms with Crippen molar-refractivity contribution in [2.75, 3.05) is 25.4 Å². The number of carboxylic acids is 2. The van der Waals surface area contributed by atoms with Crippen molar-refractivity contribution >= 4 is 42.4 Å². The summed E-state index contributed by atoms with van der Waals surface area (Å²) in [5.74, 6) is -2.41. The molecule has 12 heteroatoms. The van der Waals surface area contributed by atoms with Crippen LogP contribution in [-0.2, 0) is 35.1 Å². The maximum Gasteiger partial charge on any atom is 0.326 e. The number of carboxylic acid groups (broad SMARTS) is 2. The minimum absolute atomic E-state index is 0.0927. The largest absolute Gasteiger partial charge is 0.480 e. The molecule has 2 amide bonds. The SMILES string of the molecule is CCOC(=O)[C@H](CCc1ccccc1)N[C@@H](C)C(=O)N1CCC[C@H]1C(=O)O.C[C@H](CS)C(=O)N1CCC[C@H]1C(=O)O. The first-order chi connectivity index (χ1) is 19.5. The van der Waals surface area contributed by atoms with Crippen molar-refractivity contribution in [1.29, 1.82) is 0 Å². The molecule has 3 N–H and O–H groups in total. The van der Waals surface area contributed by atoms with E-state index in [9.17, 15) is 29.1 Å². The lowest BCUT2D eigenvalue weighted by molar-refractivity contribution is -0.150. The molecule has 5 atom stereocenters. The van der Waals surface area contributed by atoms with Crippen LogP contribution in [0.1, 0.15) is 58.4 Å². The summed E-state index contributed by atoms with van der Waals surface area (Å²) in [6.45, 7) is 6.42. The third-order valence-electron chi connectivity index (χ3n) is 7.29. The summed E-state index contributed by atoms with van der Waals surface area (Å²) in [7, 11) is 0. The van der Waals surface area contributed by atoms with Crippen LogP contribution in [0.4, 0.5) is 0 Å². The van der Waals surface area contributed by atoms with Gasteiger partial charge in [0.2, 0.25) is 11.8 Å². The number of benzene rings is 1. The van der Waals surface area contributed by atoms with E-state index in [0.717, 1.165) is 12.0 Å². The van der Waals surface area contributed by atoms with E-state index >= 15 is 0 Å². The van der Waals surface area contributed by atoms with E-state index in [0.29, 0.717) is 50.9 Å². The number of nitrogens with zero attached hydrogens (tertiary/aromatic N) is 2. The third kappa shape index (κ3) is 10.0. The van der Waals surface area contributed by atoms with Gasteiger partial charge in [0.25, 0.3) is 0 Å². The maximum absolute atomic E-state index is 12.7. The number of likely N-dealkylation sites (tertiary alicyclic amines) is 2. The summed E-state index contributed by atoms with van der Waals surface area (Å²) >= 11 is 4.03. The highest BCUT2D eigenvalue weighted by atomic mass is 32.1. The monoisotopic (exact) mass is 593 g/mol. The maximum atomic E-state index is 12.7. The number of esters is 1. The topological polar surface area (TPSA) is 154 Å². The van der Waals surface area contributed by atoms with Gasteiger partial charge in [-0.25, -0.2) is 9.59 Å². The summed E-state index contributed by atoms with van der Waals surface area (Å²) in [4.78, 5) is 61.7. The lowest BCUT2D eigenvalue weighted by Gasteiger charge is -2.27. The van der Waals surface area contributed by atoms with Gasteiger partial charge in [-0.3, -0.25) is 19.7 Å². The van der Waals surface area contributed by atoms with Gasteiger partial charge >= 0.3 is 17.9 Å². The van der Waals surface area contributed by atoms with Gasteiger partial charge in [0.05, 0.1) is 12.6 Å². The van der Waals surface area contributed by atoms with E-state index in [1.807, 2.05) is 30.3 Å². The first kappa shape index (κ1) is 34.1. The van der Waals surface area contributed by atoms with Crippen molar-refractivity contribution < 1.29 is 38.9 Å². The van der Waals surface area contributed by atoms with Gasteiger partial charge in [0.1, 0.15) is 18.1 Å². The highest BCUT2D eigenvalue weighted by molar-refractivity contribution is 7.80. The Balaban J connectivity index is 0.000000353. The number of nitrogens with one attached hydrogen (secondary N) is 1. The minimum atomic E-state index is -0.987. The number of hydrogen-bond acceptors (Lipinski definition) is 8. The molecule has 2 aliphatic rings. The Morgan fingerprint density at radius 3 is 1.98 bits per heavy atom. The molecular formula is C29H43N3O8S. The fraction of sp³-hybridized carbons (Fsp3) is 0.621. The highest BCUT2D eigenvalue weighted by Crippen LogP contribution is 2.21. The number of aryl methyl sites for hydroxylation is 1. The van der Waals surface area contributed by atoms with E-state index in [2.05, 4.69) is 17.9 Å². The molecule has 2 saturated heterocycles. The van der Waals surface area contributed by atoms with Crippen LogP contribution in [0, 0.1) is 5.92 Å². The molecule has 0 aromatic heterocycles. The van der Waals surface area contributed by atoms with Gasteiger partial charge < -0.3 is 24.7 Å². The lowest BCUT2D eigenvalue weighted by Crippen LogP contribution is -2.53. The predicted octanol–water partition coefficient (Wildman–Crippen LogP) is 2.23. The molecule has 1 aromatic carbocycles. The third-order valence-corrected chi connectivity index (χ3v) is 7.84. The number of carbonyl (C=O) groups is 5. The van der Waals surface area contributed by atoms with Crippen molar-refractivity contribution in [3.8, 4) is 0 Å². The molecule has 3 rings (SSSR count). The summed E-state index contributed by atoms with van der Waals surface area (Å²) in [5, 5.41) is 21.2. The zero-order valence-electron chi connectivity index (χ0n) is 24.0. The van der Waals surface area contributed by atoms with Gasteiger partial charge in [-0.1, -0.05) is 37.3 Å². The molecular weight excluding hydrogens is 550 g/mol. The minimum Gasteiger partial charge on any atom is -0.480 e. The van der Waals surface area contributed by atoms with Gasteiger partial charge in [-0.15, -0.1) is 0 Å². The van der Waals surface area contributed by atoms with Crippen LogP contribution in [-0.4, -0.2) is 99.4 Å². The zero-order valence-corrected chi connectivity index (χ0v) is 24.9. The van der Waals surface area contributed by atoms with Crippen molar-refractivity contribution in [3.05, 3.63) is 35.9 Å². The summed E-state index contributed by atoms with van der Waals surface area (Å²) < 4.78 is 5.14. The van der Waals surface area contributed by atoms with E-state index in [4.69, 9.17) is 9.84 Å². The van der Waals surface area contributed by atoms with Crippen molar-refractivity contribution in [2.45, 2.75) is 83.5 Å². The van der Waals surface area contributed by atoms with Gasteiger partial charge in [0.15, 0.2) is 0 Å². The molecule has 228 valence electrons. The molecule has 0 aliphatic carbocycles. The van der Waals surface area contributed by atoms with Crippen molar-refractivity contribution in [2.24, 2.45) is 5.92 Å². The molecule has 1 aromatic rings. The van der Waals surface area contributed by atoms with Crippen LogP contribution in [0.2, 0.25) is 0 Å². The van der Waals surface area contributed by atoms with E-state index in [1.54, 1.807) is 20.8 Å². The number of thiol groups is 1. The van der Waals surface area contributed by atoms with Crippen LogP contribution in [0.3, 0.4) is 0 Å².